The van der Waals surface area contributed by atoms with Crippen molar-refractivity contribution in [3.63, 3.8) is 0 Å². The zero-order valence-corrected chi connectivity index (χ0v) is 11.8. The highest BCUT2D eigenvalue weighted by Crippen LogP contribution is 2.29. The van der Waals surface area contributed by atoms with Crippen molar-refractivity contribution in [2.24, 2.45) is 0 Å². The van der Waals surface area contributed by atoms with E-state index in [0.29, 0.717) is 0 Å². The Hall–Kier alpha value is -2.61. The van der Waals surface area contributed by atoms with Crippen molar-refractivity contribution in [2.45, 2.75) is 11.8 Å². The minimum Gasteiger partial charge on any atom is -0.506 e. The number of nitro benzene ring substituents is 1. The number of nitrogens with zero attached hydrogens (tertiary/aromatic N) is 1. The summed E-state index contributed by atoms with van der Waals surface area (Å²) in [6, 6.07) is 9.38. The molecule has 0 amide bonds. The minimum absolute atomic E-state index is 0.0341. The SMILES string of the molecule is Cc1ccc(O)c(NS(=O)(=O)c2ccccc2[N+](=O)[O-])c1. The van der Waals surface area contributed by atoms with Gasteiger partial charge in [-0.05, 0) is 30.7 Å². The van der Waals surface area contributed by atoms with E-state index in [1.165, 1.54) is 24.3 Å². The standard InChI is InChI=1S/C13H12N2O5S/c1-9-6-7-12(16)10(8-9)14-21(19,20)13-5-3-2-4-11(13)15(17)18/h2-8,14,16H,1H3. The summed E-state index contributed by atoms with van der Waals surface area (Å²) in [6.07, 6.45) is 0. The van der Waals surface area contributed by atoms with Crippen LogP contribution < -0.4 is 4.72 Å². The molecule has 110 valence electrons. The lowest BCUT2D eigenvalue weighted by atomic mass is 10.2. The van der Waals surface area contributed by atoms with Gasteiger partial charge in [-0.15, -0.1) is 0 Å². The molecular formula is C13H12N2O5S. The summed E-state index contributed by atoms with van der Waals surface area (Å²) in [6.45, 7) is 1.72. The van der Waals surface area contributed by atoms with Crippen LogP contribution in [0, 0.1) is 17.0 Å². The van der Waals surface area contributed by atoms with Gasteiger partial charge in [0.1, 0.15) is 5.75 Å². The number of nitro groups is 1. The molecule has 2 aromatic rings. The molecule has 7 nitrogen and oxygen atoms in total. The van der Waals surface area contributed by atoms with Crippen LogP contribution in [0.3, 0.4) is 0 Å². The van der Waals surface area contributed by atoms with Crippen LogP contribution in [0.1, 0.15) is 5.56 Å². The number of nitrogens with one attached hydrogen (secondary N) is 1. The molecule has 0 heterocycles. The van der Waals surface area contributed by atoms with Crippen molar-refractivity contribution in [1.82, 2.24) is 0 Å². The molecule has 0 unspecified atom stereocenters. The van der Waals surface area contributed by atoms with E-state index in [-0.39, 0.29) is 11.4 Å². The van der Waals surface area contributed by atoms with Crippen molar-refractivity contribution in [1.29, 1.82) is 0 Å². The van der Waals surface area contributed by atoms with Gasteiger partial charge in [0.25, 0.3) is 15.7 Å². The third-order valence-corrected chi connectivity index (χ3v) is 4.16. The molecule has 0 aliphatic heterocycles. The van der Waals surface area contributed by atoms with Crippen LogP contribution in [-0.4, -0.2) is 18.4 Å². The van der Waals surface area contributed by atoms with Crippen molar-refractivity contribution >= 4 is 21.4 Å². The molecule has 2 N–H and O–H groups in total. The van der Waals surface area contributed by atoms with Crippen LogP contribution in [0.2, 0.25) is 0 Å². The minimum atomic E-state index is -4.18. The highest BCUT2D eigenvalue weighted by Gasteiger charge is 2.25. The normalized spacial score (nSPS) is 11.1. The Morgan fingerprint density at radius 3 is 2.52 bits per heavy atom. The number of hydrogen-bond acceptors (Lipinski definition) is 5. The molecular weight excluding hydrogens is 296 g/mol. The average Bonchev–Trinajstić information content (AvgIpc) is 2.42. The molecule has 0 saturated carbocycles. The molecule has 8 heteroatoms. The number of benzene rings is 2. The summed E-state index contributed by atoms with van der Waals surface area (Å²) in [5.41, 5.74) is 0.165. The van der Waals surface area contributed by atoms with E-state index in [2.05, 4.69) is 4.72 Å². The lowest BCUT2D eigenvalue weighted by molar-refractivity contribution is -0.387. The number of anilines is 1. The van der Waals surface area contributed by atoms with Gasteiger partial charge in [0.15, 0.2) is 4.90 Å². The molecule has 0 fully saturated rings. The lowest BCUT2D eigenvalue weighted by Gasteiger charge is -2.10. The van der Waals surface area contributed by atoms with Gasteiger partial charge < -0.3 is 5.11 Å². The Morgan fingerprint density at radius 1 is 1.19 bits per heavy atom. The second kappa shape index (κ2) is 5.41. The first-order valence-corrected chi connectivity index (χ1v) is 7.35. The second-order valence-electron chi connectivity index (χ2n) is 4.35. The maximum atomic E-state index is 12.3. The molecule has 0 aliphatic carbocycles. The van der Waals surface area contributed by atoms with Gasteiger partial charge in [0.05, 0.1) is 10.6 Å². The number of para-hydroxylation sites is 1. The largest absolute Gasteiger partial charge is 0.506 e. The molecule has 0 aromatic heterocycles. The molecule has 0 spiro atoms. The average molecular weight is 308 g/mol. The van der Waals surface area contributed by atoms with Crippen LogP contribution in [0.4, 0.5) is 11.4 Å². The molecule has 0 saturated heterocycles. The van der Waals surface area contributed by atoms with Gasteiger partial charge in [-0.2, -0.15) is 0 Å². The fourth-order valence-electron chi connectivity index (χ4n) is 1.77. The Balaban J connectivity index is 2.49. The number of phenols is 1. The van der Waals surface area contributed by atoms with E-state index in [4.69, 9.17) is 0 Å². The smallest absolute Gasteiger partial charge is 0.289 e. The molecule has 0 aliphatic rings. The third-order valence-electron chi connectivity index (χ3n) is 2.75. The molecule has 2 rings (SSSR count). The quantitative estimate of drug-likeness (QED) is 0.512. The van der Waals surface area contributed by atoms with Crippen molar-refractivity contribution in [3.05, 3.63) is 58.1 Å². The first-order valence-electron chi connectivity index (χ1n) is 5.87. The van der Waals surface area contributed by atoms with Crippen molar-refractivity contribution in [2.75, 3.05) is 4.72 Å². The van der Waals surface area contributed by atoms with E-state index in [1.807, 2.05) is 0 Å². The van der Waals surface area contributed by atoms with Crippen molar-refractivity contribution < 1.29 is 18.4 Å². The highest BCUT2D eigenvalue weighted by atomic mass is 32.2. The number of rotatable bonds is 4. The van der Waals surface area contributed by atoms with Gasteiger partial charge in [-0.25, -0.2) is 8.42 Å². The van der Waals surface area contributed by atoms with Gasteiger partial charge in [0.2, 0.25) is 0 Å². The number of aromatic hydroxyl groups is 1. The Morgan fingerprint density at radius 2 is 1.86 bits per heavy atom. The summed E-state index contributed by atoms with van der Waals surface area (Å²) in [7, 11) is -4.18. The van der Waals surface area contributed by atoms with E-state index >= 15 is 0 Å². The van der Waals surface area contributed by atoms with Crippen LogP contribution in [0.25, 0.3) is 0 Å². The van der Waals surface area contributed by atoms with Gasteiger partial charge in [-0.3, -0.25) is 14.8 Å². The number of phenolic OH excluding ortho intramolecular Hbond substituents is 1. The molecule has 0 bridgehead atoms. The Bertz CT molecular complexity index is 802. The molecule has 21 heavy (non-hydrogen) atoms. The number of sulfonamides is 1. The molecule has 0 radical (unpaired) electrons. The third kappa shape index (κ3) is 3.11. The Labute approximate surface area is 121 Å². The summed E-state index contributed by atoms with van der Waals surface area (Å²) in [5.74, 6) is -0.261. The molecule has 0 atom stereocenters. The van der Waals surface area contributed by atoms with E-state index in [0.717, 1.165) is 17.7 Å². The fourth-order valence-corrected chi connectivity index (χ4v) is 3.01. The second-order valence-corrected chi connectivity index (χ2v) is 6.00. The highest BCUT2D eigenvalue weighted by molar-refractivity contribution is 7.92. The fraction of sp³-hybridized carbons (Fsp3) is 0.0769. The lowest BCUT2D eigenvalue weighted by Crippen LogP contribution is -2.14. The Kier molecular flexibility index (Phi) is 3.81. The molecule has 2 aromatic carbocycles. The van der Waals surface area contributed by atoms with Crippen LogP contribution in [0.15, 0.2) is 47.4 Å². The number of hydrogen-bond donors (Lipinski definition) is 2. The van der Waals surface area contributed by atoms with E-state index < -0.39 is 25.5 Å². The monoisotopic (exact) mass is 308 g/mol. The van der Waals surface area contributed by atoms with Gasteiger partial charge in [0, 0.05) is 6.07 Å². The predicted molar refractivity (Wildman–Crippen MR) is 76.7 cm³/mol. The maximum Gasteiger partial charge on any atom is 0.289 e. The summed E-state index contributed by atoms with van der Waals surface area (Å²) in [5, 5.41) is 20.6. The van der Waals surface area contributed by atoms with E-state index in [1.54, 1.807) is 13.0 Å². The first kappa shape index (κ1) is 14.8. The summed E-state index contributed by atoms with van der Waals surface area (Å²) in [4.78, 5) is 9.67. The predicted octanol–water partition coefficient (Wildman–Crippen LogP) is 2.41. The van der Waals surface area contributed by atoms with E-state index in [9.17, 15) is 23.6 Å². The zero-order valence-electron chi connectivity index (χ0n) is 11.0. The maximum absolute atomic E-state index is 12.3. The zero-order chi connectivity index (χ0) is 15.6. The summed E-state index contributed by atoms with van der Waals surface area (Å²) >= 11 is 0. The summed E-state index contributed by atoms with van der Waals surface area (Å²) < 4.78 is 26.7. The van der Waals surface area contributed by atoms with Crippen molar-refractivity contribution in [3.8, 4) is 5.75 Å². The first-order chi connectivity index (χ1) is 9.81. The van der Waals surface area contributed by atoms with Gasteiger partial charge >= 0.3 is 0 Å². The topological polar surface area (TPSA) is 110 Å². The number of aryl methyl sites for hydroxylation is 1. The van der Waals surface area contributed by atoms with Crippen LogP contribution >= 0.6 is 0 Å². The van der Waals surface area contributed by atoms with Crippen LogP contribution in [0.5, 0.6) is 5.75 Å². The van der Waals surface area contributed by atoms with Gasteiger partial charge in [-0.1, -0.05) is 18.2 Å². The van der Waals surface area contributed by atoms with Crippen LogP contribution in [-0.2, 0) is 10.0 Å².